The van der Waals surface area contributed by atoms with E-state index in [2.05, 4.69) is 43.9 Å². The molecule has 13 heteroatoms. The number of allylic oxidation sites excluding steroid dienone is 1. The van der Waals surface area contributed by atoms with Gasteiger partial charge in [0.2, 0.25) is 0 Å². The molecule has 1 fully saturated rings. The number of hydrogen-bond acceptors (Lipinski definition) is 9. The molecule has 5 heterocycles. The number of halogens is 3. The summed E-state index contributed by atoms with van der Waals surface area (Å²) in [7, 11) is 0. The quantitative estimate of drug-likeness (QED) is 0.154. The molecule has 2 N–H and O–H groups in total. The Labute approximate surface area is 279 Å². The maximum absolute atomic E-state index is 12.9. The fourth-order valence-electron chi connectivity index (χ4n) is 6.23. The van der Waals surface area contributed by atoms with Crippen LogP contribution in [0.3, 0.4) is 0 Å². The minimum absolute atomic E-state index is 0.108. The number of ketones is 1. The zero-order valence-electron chi connectivity index (χ0n) is 26.3. The van der Waals surface area contributed by atoms with Gasteiger partial charge in [0.1, 0.15) is 34.8 Å². The van der Waals surface area contributed by atoms with Crippen molar-refractivity contribution in [2.45, 2.75) is 64.0 Å². The van der Waals surface area contributed by atoms with Crippen molar-refractivity contribution in [2.24, 2.45) is 0 Å². The topological polar surface area (TPSA) is 120 Å². The number of aromatic nitrogens is 4. The molecule has 0 spiro atoms. The molecule has 1 aliphatic rings. The van der Waals surface area contributed by atoms with Gasteiger partial charge >= 0.3 is 6.18 Å². The van der Waals surface area contributed by atoms with Gasteiger partial charge in [-0.15, -0.1) is 11.3 Å². The molecule has 1 saturated heterocycles. The fourth-order valence-corrected chi connectivity index (χ4v) is 7.26. The summed E-state index contributed by atoms with van der Waals surface area (Å²) in [4.78, 5) is 27.6. The van der Waals surface area contributed by atoms with Gasteiger partial charge in [-0.25, -0.2) is 9.97 Å². The van der Waals surface area contributed by atoms with Gasteiger partial charge in [0.05, 0.1) is 24.0 Å². The predicted molar refractivity (Wildman–Crippen MR) is 179 cm³/mol. The maximum Gasteiger partial charge on any atom is 0.393 e. The molecule has 0 saturated carbocycles. The number of carbonyl (C=O) groups excluding carboxylic acids is 1. The van der Waals surface area contributed by atoms with Crippen LogP contribution in [0, 0.1) is 18.3 Å². The largest absolute Gasteiger partial charge is 0.393 e. The van der Waals surface area contributed by atoms with Crippen molar-refractivity contribution in [2.75, 3.05) is 18.4 Å². The molecule has 6 rings (SSSR count). The number of anilines is 1. The van der Waals surface area contributed by atoms with Crippen LogP contribution in [0.2, 0.25) is 0 Å². The van der Waals surface area contributed by atoms with E-state index in [0.717, 1.165) is 71.4 Å². The number of nitriles is 1. The predicted octanol–water partition coefficient (Wildman–Crippen LogP) is 6.43. The Morgan fingerprint density at radius 1 is 1.19 bits per heavy atom. The lowest BCUT2D eigenvalue weighted by Gasteiger charge is -2.33. The first-order valence-corrected chi connectivity index (χ1v) is 16.4. The molecule has 1 aromatic carbocycles. The number of rotatable bonds is 11. The summed E-state index contributed by atoms with van der Waals surface area (Å²) < 4.78 is 40.6. The Bertz CT molecular complexity index is 2010. The summed E-state index contributed by atoms with van der Waals surface area (Å²) in [5.41, 5.74) is 4.70. The van der Waals surface area contributed by atoms with Gasteiger partial charge in [-0.1, -0.05) is 18.7 Å². The van der Waals surface area contributed by atoms with Crippen LogP contribution in [-0.2, 0) is 30.7 Å². The molecule has 0 aliphatic carbocycles. The first kappa shape index (κ1) is 33.3. The zero-order chi connectivity index (χ0) is 34.0. The van der Waals surface area contributed by atoms with E-state index < -0.39 is 18.7 Å². The number of nitrogens with one attached hydrogen (secondary N) is 1. The van der Waals surface area contributed by atoms with E-state index in [4.69, 9.17) is 0 Å². The molecule has 4 aromatic heterocycles. The van der Waals surface area contributed by atoms with Gasteiger partial charge in [-0.2, -0.15) is 18.4 Å². The summed E-state index contributed by atoms with van der Waals surface area (Å²) in [6.07, 6.45) is -0.0782. The van der Waals surface area contributed by atoms with Crippen LogP contribution in [-0.4, -0.2) is 60.6 Å². The number of nitrogens with zero attached hydrogens (tertiary/aromatic N) is 6. The van der Waals surface area contributed by atoms with E-state index in [-0.39, 0.29) is 29.7 Å². The molecule has 1 unspecified atom stereocenters. The molecule has 1 aliphatic heterocycles. The summed E-state index contributed by atoms with van der Waals surface area (Å²) in [6.45, 7) is 8.08. The number of likely N-dealkylation sites (tertiary alicyclic amines) is 1. The third-order valence-electron chi connectivity index (χ3n) is 8.81. The highest BCUT2D eigenvalue weighted by Gasteiger charge is 2.29. The fraction of sp³-hybridized carbons (Fsp3) is 0.343. The number of thiophene rings is 1. The van der Waals surface area contributed by atoms with E-state index in [1.165, 1.54) is 12.4 Å². The second-order valence-corrected chi connectivity index (χ2v) is 13.2. The molecular formula is C35H34F3N7O2S. The second-order valence-electron chi connectivity index (χ2n) is 12.1. The number of carbonyl (C=O) groups is 1. The van der Waals surface area contributed by atoms with E-state index in [1.54, 1.807) is 24.4 Å². The van der Waals surface area contributed by atoms with Crippen molar-refractivity contribution in [3.05, 3.63) is 94.5 Å². The molecule has 248 valence electrons. The van der Waals surface area contributed by atoms with E-state index in [9.17, 15) is 28.3 Å². The number of pyridine rings is 1. The number of aryl methyl sites for hydroxylation is 1. The number of hydrogen-bond donors (Lipinski definition) is 2. The average Bonchev–Trinajstić information content (AvgIpc) is 3.64. The Morgan fingerprint density at radius 3 is 2.67 bits per heavy atom. The van der Waals surface area contributed by atoms with E-state index in [0.29, 0.717) is 27.4 Å². The third kappa shape index (κ3) is 7.41. The van der Waals surface area contributed by atoms with Crippen molar-refractivity contribution < 1.29 is 23.1 Å². The molecule has 0 bridgehead atoms. The van der Waals surface area contributed by atoms with Crippen molar-refractivity contribution in [1.82, 2.24) is 24.4 Å². The van der Waals surface area contributed by atoms with Gasteiger partial charge in [-0.05, 0) is 66.8 Å². The second kappa shape index (κ2) is 13.8. The van der Waals surface area contributed by atoms with Crippen LogP contribution in [0.5, 0.6) is 0 Å². The van der Waals surface area contributed by atoms with Crippen molar-refractivity contribution >= 4 is 44.1 Å². The van der Waals surface area contributed by atoms with Gasteiger partial charge in [0.25, 0.3) is 0 Å². The van der Waals surface area contributed by atoms with Crippen LogP contribution in [0.4, 0.5) is 19.0 Å². The van der Waals surface area contributed by atoms with E-state index >= 15 is 0 Å². The SMILES string of the molecule is C=CC(=O)Cc1ccc(C(O)Cn2c(C#N)cc3c(C)c(CN4CCC(Nc5ncnc6sc(CC(F)(F)F)cc56)CC4)ccc32)nc1. The van der Waals surface area contributed by atoms with E-state index in [1.807, 2.05) is 23.6 Å². The van der Waals surface area contributed by atoms with Gasteiger partial charge in [0.15, 0.2) is 5.78 Å². The van der Waals surface area contributed by atoms with Crippen molar-refractivity contribution in [3.63, 3.8) is 0 Å². The minimum atomic E-state index is -4.27. The monoisotopic (exact) mass is 673 g/mol. The molecule has 5 aromatic rings. The highest BCUT2D eigenvalue weighted by Crippen LogP contribution is 2.34. The Morgan fingerprint density at radius 2 is 1.98 bits per heavy atom. The van der Waals surface area contributed by atoms with Gasteiger partial charge in [0, 0.05) is 54.1 Å². The lowest BCUT2D eigenvalue weighted by atomic mass is 10.0. The molecule has 0 amide bonds. The molecule has 9 nitrogen and oxygen atoms in total. The number of aliphatic hydroxyl groups excluding tert-OH is 1. The van der Waals surface area contributed by atoms with Gasteiger partial charge in [-0.3, -0.25) is 14.7 Å². The summed E-state index contributed by atoms with van der Waals surface area (Å²) in [6, 6.07) is 13.3. The number of alkyl halides is 3. The Balaban J connectivity index is 1.10. The molecule has 48 heavy (non-hydrogen) atoms. The normalized spacial score (nSPS) is 15.1. The lowest BCUT2D eigenvalue weighted by Crippen LogP contribution is -2.39. The Kier molecular flexibility index (Phi) is 9.59. The molecule has 1 atom stereocenters. The number of aliphatic hydroxyl groups is 1. The summed E-state index contributed by atoms with van der Waals surface area (Å²) in [5.74, 6) is 0.462. The molecule has 0 radical (unpaired) electrons. The lowest BCUT2D eigenvalue weighted by molar-refractivity contribution is -0.126. The molecular weight excluding hydrogens is 639 g/mol. The van der Waals surface area contributed by atoms with Crippen LogP contribution >= 0.6 is 11.3 Å². The van der Waals surface area contributed by atoms with Crippen LogP contribution in [0.25, 0.3) is 21.1 Å². The smallest absolute Gasteiger partial charge is 0.385 e. The standard InChI is InChI=1S/C35H34F3N7O2S/c1-3-26(46)12-22-4-6-30(40-17-22)32(47)19-45-25(16-39)13-28-21(2)23(5-7-31(28)45)18-44-10-8-24(9-11-44)43-33-29-14-27(15-35(36,37)38)48-34(29)42-20-41-33/h3-7,13-14,17,20,24,32,47H,1,8-12,15,18-19H2,2H3,(H,41,42,43). The first-order valence-electron chi connectivity index (χ1n) is 15.6. The average molecular weight is 674 g/mol. The van der Waals surface area contributed by atoms with Crippen molar-refractivity contribution in [1.29, 1.82) is 5.26 Å². The van der Waals surface area contributed by atoms with Crippen LogP contribution < -0.4 is 5.32 Å². The van der Waals surface area contributed by atoms with Crippen LogP contribution in [0.15, 0.2) is 61.6 Å². The maximum atomic E-state index is 12.9. The highest BCUT2D eigenvalue weighted by atomic mass is 32.1. The third-order valence-corrected chi connectivity index (χ3v) is 9.85. The Hall–Kier alpha value is -4.64. The summed E-state index contributed by atoms with van der Waals surface area (Å²) in [5, 5.41) is 26.0. The first-order chi connectivity index (χ1) is 23.0. The van der Waals surface area contributed by atoms with Gasteiger partial charge < -0.3 is 15.0 Å². The number of piperidine rings is 1. The number of fused-ring (bicyclic) bond motifs is 2. The minimum Gasteiger partial charge on any atom is -0.385 e. The summed E-state index contributed by atoms with van der Waals surface area (Å²) >= 11 is 1.05. The van der Waals surface area contributed by atoms with Crippen molar-refractivity contribution in [3.8, 4) is 6.07 Å². The highest BCUT2D eigenvalue weighted by molar-refractivity contribution is 7.18. The number of benzene rings is 1. The van der Waals surface area contributed by atoms with Crippen LogP contribution in [0.1, 0.15) is 51.9 Å². The zero-order valence-corrected chi connectivity index (χ0v) is 27.1.